The first-order valence-electron chi connectivity index (χ1n) is 4.10. The molecule has 0 saturated heterocycles. The van der Waals surface area contributed by atoms with Crippen LogP contribution in [0.2, 0.25) is 0 Å². The molecule has 1 rings (SSSR count). The predicted octanol–water partition coefficient (Wildman–Crippen LogP) is 1.88. The van der Waals surface area contributed by atoms with E-state index in [9.17, 15) is 13.6 Å². The molecule has 4 heteroatoms. The highest BCUT2D eigenvalue weighted by molar-refractivity contribution is 6.02. The SMILES string of the molecule is CC(C)(N)C(=O)c1cc(F)cc(F)c1. The predicted molar refractivity (Wildman–Crippen MR) is 49.0 cm³/mol. The normalized spacial score (nSPS) is 11.5. The molecule has 1 aromatic carbocycles. The Balaban J connectivity index is 3.14. The number of Topliss-reactive ketones (excluding diaryl/α,β-unsaturated/α-hetero) is 1. The van der Waals surface area contributed by atoms with Gasteiger partial charge in [-0.1, -0.05) is 0 Å². The lowest BCUT2D eigenvalue weighted by atomic mass is 9.94. The van der Waals surface area contributed by atoms with Crippen LogP contribution in [-0.4, -0.2) is 11.3 Å². The van der Waals surface area contributed by atoms with Crippen molar-refractivity contribution in [3.05, 3.63) is 35.4 Å². The molecule has 0 unspecified atom stereocenters. The molecule has 0 aliphatic carbocycles. The number of rotatable bonds is 2. The monoisotopic (exact) mass is 199 g/mol. The van der Waals surface area contributed by atoms with Crippen LogP contribution in [0.15, 0.2) is 18.2 Å². The first-order chi connectivity index (χ1) is 6.30. The van der Waals surface area contributed by atoms with Crippen molar-refractivity contribution < 1.29 is 13.6 Å². The Bertz CT molecular complexity index is 349. The molecule has 0 spiro atoms. The largest absolute Gasteiger partial charge is 0.319 e. The van der Waals surface area contributed by atoms with E-state index in [2.05, 4.69) is 0 Å². The maximum atomic E-state index is 12.7. The van der Waals surface area contributed by atoms with Crippen molar-refractivity contribution in [3.8, 4) is 0 Å². The molecular weight excluding hydrogens is 188 g/mol. The summed E-state index contributed by atoms with van der Waals surface area (Å²) >= 11 is 0. The number of benzene rings is 1. The smallest absolute Gasteiger partial charge is 0.182 e. The minimum absolute atomic E-state index is 0.0463. The van der Waals surface area contributed by atoms with Crippen LogP contribution in [0.4, 0.5) is 8.78 Å². The van der Waals surface area contributed by atoms with Crippen molar-refractivity contribution in [2.24, 2.45) is 5.73 Å². The molecular formula is C10H11F2NO. The third-order valence-corrected chi connectivity index (χ3v) is 1.71. The van der Waals surface area contributed by atoms with E-state index in [1.165, 1.54) is 13.8 Å². The van der Waals surface area contributed by atoms with E-state index >= 15 is 0 Å². The first-order valence-corrected chi connectivity index (χ1v) is 4.10. The van der Waals surface area contributed by atoms with E-state index < -0.39 is 23.0 Å². The van der Waals surface area contributed by atoms with Gasteiger partial charge in [0.15, 0.2) is 5.78 Å². The molecule has 0 heterocycles. The Morgan fingerprint density at radius 2 is 1.64 bits per heavy atom. The van der Waals surface area contributed by atoms with Crippen LogP contribution in [0.5, 0.6) is 0 Å². The molecule has 0 aliphatic heterocycles. The number of halogens is 2. The maximum absolute atomic E-state index is 12.7. The molecule has 0 bridgehead atoms. The van der Waals surface area contributed by atoms with Crippen LogP contribution in [0.1, 0.15) is 24.2 Å². The topological polar surface area (TPSA) is 43.1 Å². The summed E-state index contributed by atoms with van der Waals surface area (Å²) in [7, 11) is 0. The molecule has 0 radical (unpaired) electrons. The Morgan fingerprint density at radius 3 is 2.00 bits per heavy atom. The lowest BCUT2D eigenvalue weighted by molar-refractivity contribution is 0.0912. The van der Waals surface area contributed by atoms with Crippen LogP contribution in [-0.2, 0) is 0 Å². The third-order valence-electron chi connectivity index (χ3n) is 1.71. The van der Waals surface area contributed by atoms with E-state index in [1.54, 1.807) is 0 Å². The second-order valence-electron chi connectivity index (χ2n) is 3.71. The highest BCUT2D eigenvalue weighted by atomic mass is 19.1. The third kappa shape index (κ3) is 2.35. The number of carbonyl (C=O) groups excluding carboxylic acids is 1. The van der Waals surface area contributed by atoms with Crippen LogP contribution in [0.3, 0.4) is 0 Å². The highest BCUT2D eigenvalue weighted by Crippen LogP contribution is 2.13. The van der Waals surface area contributed by atoms with E-state index in [-0.39, 0.29) is 5.56 Å². The fourth-order valence-corrected chi connectivity index (χ4v) is 1.06. The number of carbonyl (C=O) groups is 1. The van der Waals surface area contributed by atoms with Gasteiger partial charge in [-0.25, -0.2) is 8.78 Å². The highest BCUT2D eigenvalue weighted by Gasteiger charge is 2.24. The van der Waals surface area contributed by atoms with Crippen LogP contribution >= 0.6 is 0 Å². The minimum atomic E-state index is -1.12. The van der Waals surface area contributed by atoms with Gasteiger partial charge in [0.1, 0.15) is 11.6 Å². The summed E-state index contributed by atoms with van der Waals surface area (Å²) in [4.78, 5) is 11.5. The second kappa shape index (κ2) is 3.46. The average molecular weight is 199 g/mol. The Morgan fingerprint density at radius 1 is 1.21 bits per heavy atom. The second-order valence-corrected chi connectivity index (χ2v) is 3.71. The Hall–Kier alpha value is -1.29. The molecule has 0 amide bonds. The van der Waals surface area contributed by atoms with Crippen molar-refractivity contribution >= 4 is 5.78 Å². The first kappa shape index (κ1) is 10.8. The van der Waals surface area contributed by atoms with E-state index in [4.69, 9.17) is 5.73 Å². The molecule has 0 saturated carbocycles. The zero-order chi connectivity index (χ0) is 10.9. The van der Waals surface area contributed by atoms with Gasteiger partial charge in [0.25, 0.3) is 0 Å². The van der Waals surface area contributed by atoms with Gasteiger partial charge in [0.05, 0.1) is 5.54 Å². The standard InChI is InChI=1S/C10H11F2NO/c1-10(2,13)9(14)6-3-7(11)5-8(12)4-6/h3-5H,13H2,1-2H3. The molecule has 0 aromatic heterocycles. The van der Waals surface area contributed by atoms with Gasteiger partial charge in [0.2, 0.25) is 0 Å². The van der Waals surface area contributed by atoms with Crippen LogP contribution in [0, 0.1) is 11.6 Å². The summed E-state index contributed by atoms with van der Waals surface area (Å²) < 4.78 is 25.5. The summed E-state index contributed by atoms with van der Waals surface area (Å²) in [6.45, 7) is 2.97. The van der Waals surface area contributed by atoms with E-state index in [0.717, 1.165) is 12.1 Å². The number of ketones is 1. The number of nitrogens with two attached hydrogens (primary N) is 1. The minimum Gasteiger partial charge on any atom is -0.319 e. The quantitative estimate of drug-likeness (QED) is 0.739. The fraction of sp³-hybridized carbons (Fsp3) is 0.300. The summed E-state index contributed by atoms with van der Waals surface area (Å²) in [5.41, 5.74) is 4.35. The average Bonchev–Trinajstić information content (AvgIpc) is 1.99. The Kier molecular flexibility index (Phi) is 2.66. The maximum Gasteiger partial charge on any atom is 0.182 e. The fourth-order valence-electron chi connectivity index (χ4n) is 1.06. The van der Waals surface area contributed by atoms with Crippen molar-refractivity contribution in [2.45, 2.75) is 19.4 Å². The van der Waals surface area contributed by atoms with Crippen molar-refractivity contribution in [3.63, 3.8) is 0 Å². The lowest BCUT2D eigenvalue weighted by Crippen LogP contribution is -2.41. The Labute approximate surface area is 80.7 Å². The molecule has 14 heavy (non-hydrogen) atoms. The number of hydrogen-bond acceptors (Lipinski definition) is 2. The van der Waals surface area contributed by atoms with Gasteiger partial charge in [-0.05, 0) is 26.0 Å². The molecule has 2 nitrogen and oxygen atoms in total. The molecule has 2 N–H and O–H groups in total. The van der Waals surface area contributed by atoms with Gasteiger partial charge in [-0.15, -0.1) is 0 Å². The summed E-state index contributed by atoms with van der Waals surface area (Å²) in [6, 6.07) is 2.65. The van der Waals surface area contributed by atoms with Gasteiger partial charge in [0, 0.05) is 11.6 Å². The molecule has 0 aliphatic rings. The number of hydrogen-bond donors (Lipinski definition) is 1. The van der Waals surface area contributed by atoms with Crippen LogP contribution in [0.25, 0.3) is 0 Å². The van der Waals surface area contributed by atoms with Gasteiger partial charge in [-0.3, -0.25) is 4.79 Å². The van der Waals surface area contributed by atoms with Gasteiger partial charge >= 0.3 is 0 Å². The zero-order valence-corrected chi connectivity index (χ0v) is 7.97. The van der Waals surface area contributed by atoms with Crippen molar-refractivity contribution in [1.82, 2.24) is 0 Å². The van der Waals surface area contributed by atoms with Gasteiger partial charge < -0.3 is 5.73 Å². The summed E-state index contributed by atoms with van der Waals surface area (Å²) in [6.07, 6.45) is 0. The summed E-state index contributed by atoms with van der Waals surface area (Å²) in [5.74, 6) is -2.05. The van der Waals surface area contributed by atoms with E-state index in [0.29, 0.717) is 6.07 Å². The van der Waals surface area contributed by atoms with Crippen molar-refractivity contribution in [1.29, 1.82) is 0 Å². The van der Waals surface area contributed by atoms with Gasteiger partial charge in [-0.2, -0.15) is 0 Å². The lowest BCUT2D eigenvalue weighted by Gasteiger charge is -2.16. The zero-order valence-electron chi connectivity index (χ0n) is 7.97. The molecule has 1 aromatic rings. The summed E-state index contributed by atoms with van der Waals surface area (Å²) in [5, 5.41) is 0. The van der Waals surface area contributed by atoms with Crippen molar-refractivity contribution in [2.75, 3.05) is 0 Å². The van der Waals surface area contributed by atoms with E-state index in [1.807, 2.05) is 0 Å². The van der Waals surface area contributed by atoms with Crippen LogP contribution < -0.4 is 5.73 Å². The molecule has 0 atom stereocenters. The molecule has 76 valence electrons. The molecule has 0 fully saturated rings.